The average Bonchev–Trinajstić information content (AvgIpc) is 3.43. The first kappa shape index (κ1) is 22.9. The van der Waals surface area contributed by atoms with Crippen LogP contribution < -0.4 is 10.1 Å². The third-order valence-electron chi connectivity index (χ3n) is 7.07. The fraction of sp³-hybridized carbons (Fsp3) is 0.269. The van der Waals surface area contributed by atoms with Crippen LogP contribution in [-0.2, 0) is 28.7 Å². The molecule has 1 aromatic heterocycles. The number of halogens is 1. The van der Waals surface area contributed by atoms with E-state index in [1.165, 1.54) is 23.1 Å². The molecule has 4 amide bonds. The van der Waals surface area contributed by atoms with Crippen LogP contribution in [0.2, 0.25) is 0 Å². The van der Waals surface area contributed by atoms with Gasteiger partial charge in [-0.2, -0.15) is 5.10 Å². The lowest BCUT2D eigenvalue weighted by molar-refractivity contribution is -0.139. The second kappa shape index (κ2) is 8.26. The van der Waals surface area contributed by atoms with E-state index in [4.69, 9.17) is 4.74 Å². The van der Waals surface area contributed by atoms with Crippen LogP contribution in [0.3, 0.4) is 0 Å². The van der Waals surface area contributed by atoms with Crippen molar-refractivity contribution in [1.82, 2.24) is 24.9 Å². The molecule has 10 nitrogen and oxygen atoms in total. The lowest BCUT2D eigenvalue weighted by Gasteiger charge is -2.24. The van der Waals surface area contributed by atoms with Gasteiger partial charge in [0.15, 0.2) is 11.3 Å². The first-order chi connectivity index (χ1) is 17.7. The molecule has 0 saturated carbocycles. The van der Waals surface area contributed by atoms with Crippen molar-refractivity contribution in [3.8, 4) is 16.9 Å². The van der Waals surface area contributed by atoms with E-state index in [0.717, 1.165) is 16.0 Å². The van der Waals surface area contributed by atoms with Crippen molar-refractivity contribution in [2.45, 2.75) is 18.5 Å². The molecule has 2 aromatic carbocycles. The van der Waals surface area contributed by atoms with Crippen LogP contribution >= 0.6 is 0 Å². The molecule has 11 heteroatoms. The summed E-state index contributed by atoms with van der Waals surface area (Å²) in [7, 11) is 1.79. The predicted octanol–water partition coefficient (Wildman–Crippen LogP) is 1.98. The maximum atomic E-state index is 13.7. The summed E-state index contributed by atoms with van der Waals surface area (Å²) >= 11 is 0. The number of urea groups is 1. The van der Waals surface area contributed by atoms with Crippen molar-refractivity contribution in [1.29, 1.82) is 0 Å². The molecular weight excluding hydrogens is 481 g/mol. The monoisotopic (exact) mass is 503 g/mol. The number of carbonyl (C=O) groups excluding carboxylic acids is 4. The molecule has 1 N–H and O–H groups in total. The van der Waals surface area contributed by atoms with Gasteiger partial charge in [0.25, 0.3) is 5.91 Å². The summed E-state index contributed by atoms with van der Waals surface area (Å²) in [4.78, 5) is 54.8. The highest BCUT2D eigenvalue weighted by atomic mass is 19.1. The molecule has 1 atom stereocenters. The Morgan fingerprint density at radius 1 is 1.16 bits per heavy atom. The molecule has 37 heavy (non-hydrogen) atoms. The van der Waals surface area contributed by atoms with Gasteiger partial charge in [-0.1, -0.05) is 12.1 Å². The van der Waals surface area contributed by atoms with Gasteiger partial charge in [0.2, 0.25) is 5.91 Å². The summed E-state index contributed by atoms with van der Waals surface area (Å²) in [6, 6.07) is 8.49. The maximum Gasteiger partial charge on any atom is 0.325 e. The molecule has 3 aliphatic rings. The van der Waals surface area contributed by atoms with Crippen LogP contribution in [0.15, 0.2) is 48.8 Å². The van der Waals surface area contributed by atoms with Crippen molar-refractivity contribution < 1.29 is 28.3 Å². The predicted molar refractivity (Wildman–Crippen MR) is 127 cm³/mol. The Balaban J connectivity index is 1.24. The van der Waals surface area contributed by atoms with E-state index in [1.807, 2.05) is 6.20 Å². The van der Waals surface area contributed by atoms with E-state index in [0.29, 0.717) is 22.4 Å². The molecule has 1 fully saturated rings. The van der Waals surface area contributed by atoms with Gasteiger partial charge in [0, 0.05) is 42.9 Å². The number of nitrogens with one attached hydrogen (secondary N) is 1. The number of nitrogens with zero attached hydrogens (tertiary/aromatic N) is 4. The standard InChI is InChI=1S/C26H22FN5O5/c1-30-12-17(11-28-30)15-2-4-20-19(9-15)21(33)10-26(20)24(35)32(25(36)29-26)14-23(34)31-6-7-37-22-5-3-18(27)8-16(22)13-31/h2-5,8-9,11-12H,6-7,10,13-14H2,1H3,(H,29,36)/t26-/m1/s1. The Hall–Kier alpha value is -4.54. The minimum absolute atomic E-state index is 0.0825. The molecule has 1 spiro atoms. The Labute approximate surface area is 210 Å². The number of Topliss-reactive ketones (excluding diaryl/α,β-unsaturated/α-hetero) is 1. The summed E-state index contributed by atoms with van der Waals surface area (Å²) in [5, 5.41) is 6.83. The number of rotatable bonds is 3. The minimum Gasteiger partial charge on any atom is -0.491 e. The zero-order chi connectivity index (χ0) is 25.9. The molecule has 2 aliphatic heterocycles. The second-order valence-electron chi connectivity index (χ2n) is 9.41. The molecule has 1 aliphatic carbocycles. The fourth-order valence-corrected chi connectivity index (χ4v) is 5.21. The molecule has 6 rings (SSSR count). The summed E-state index contributed by atoms with van der Waals surface area (Å²) in [6.45, 7) is -0.0223. The van der Waals surface area contributed by atoms with Gasteiger partial charge >= 0.3 is 6.03 Å². The van der Waals surface area contributed by atoms with Crippen molar-refractivity contribution in [3.63, 3.8) is 0 Å². The number of hydrogen-bond donors (Lipinski definition) is 1. The Kier molecular flexibility index (Phi) is 5.11. The number of amides is 4. The van der Waals surface area contributed by atoms with Crippen molar-refractivity contribution >= 4 is 23.6 Å². The van der Waals surface area contributed by atoms with Crippen LogP contribution in [0, 0.1) is 5.82 Å². The number of imide groups is 1. The van der Waals surface area contributed by atoms with Crippen LogP contribution in [0.25, 0.3) is 11.1 Å². The summed E-state index contributed by atoms with van der Waals surface area (Å²) in [5.74, 6) is -1.38. The fourth-order valence-electron chi connectivity index (χ4n) is 5.21. The number of fused-ring (bicyclic) bond motifs is 3. The van der Waals surface area contributed by atoms with Crippen molar-refractivity contribution in [3.05, 3.63) is 71.3 Å². The van der Waals surface area contributed by atoms with Gasteiger partial charge in [-0.05, 0) is 35.4 Å². The average molecular weight is 503 g/mol. The van der Waals surface area contributed by atoms with Crippen LogP contribution in [0.1, 0.15) is 27.9 Å². The lowest BCUT2D eigenvalue weighted by atomic mass is 9.90. The number of carbonyl (C=O) groups is 4. The number of aromatic nitrogens is 2. The van der Waals surface area contributed by atoms with Gasteiger partial charge in [-0.25, -0.2) is 9.18 Å². The molecule has 0 unspecified atom stereocenters. The van der Waals surface area contributed by atoms with Crippen LogP contribution in [0.5, 0.6) is 5.75 Å². The molecular formula is C26H22FN5O5. The van der Waals surface area contributed by atoms with Gasteiger partial charge in [0.1, 0.15) is 24.7 Å². The van der Waals surface area contributed by atoms with Crippen LogP contribution in [-0.4, -0.2) is 62.9 Å². The number of aryl methyl sites for hydroxylation is 1. The minimum atomic E-state index is -1.55. The summed E-state index contributed by atoms with van der Waals surface area (Å²) in [6.07, 6.45) is 3.26. The van der Waals surface area contributed by atoms with Gasteiger partial charge < -0.3 is 15.0 Å². The molecule has 188 valence electrons. The largest absolute Gasteiger partial charge is 0.491 e. The van der Waals surface area contributed by atoms with Gasteiger partial charge in [0.05, 0.1) is 12.7 Å². The topological polar surface area (TPSA) is 114 Å². The number of benzene rings is 2. The molecule has 0 bridgehead atoms. The van der Waals surface area contributed by atoms with Crippen LogP contribution in [0.4, 0.5) is 9.18 Å². The lowest BCUT2D eigenvalue weighted by Crippen LogP contribution is -2.45. The highest BCUT2D eigenvalue weighted by molar-refractivity contribution is 6.17. The summed E-state index contributed by atoms with van der Waals surface area (Å²) < 4.78 is 21.0. The van der Waals surface area contributed by atoms with E-state index in [2.05, 4.69) is 10.4 Å². The number of hydrogen-bond acceptors (Lipinski definition) is 6. The third-order valence-corrected chi connectivity index (χ3v) is 7.07. The first-order valence-electron chi connectivity index (χ1n) is 11.7. The zero-order valence-corrected chi connectivity index (χ0v) is 19.9. The Bertz CT molecular complexity index is 1500. The molecule has 0 radical (unpaired) electrons. The van der Waals surface area contributed by atoms with Gasteiger partial charge in [-0.15, -0.1) is 0 Å². The van der Waals surface area contributed by atoms with Crippen molar-refractivity contribution in [2.24, 2.45) is 7.05 Å². The molecule has 1 saturated heterocycles. The molecule has 3 heterocycles. The van der Waals surface area contributed by atoms with E-state index in [-0.39, 0.29) is 31.9 Å². The highest BCUT2D eigenvalue weighted by Gasteiger charge is 2.58. The Morgan fingerprint density at radius 3 is 2.78 bits per heavy atom. The Morgan fingerprint density at radius 2 is 2.00 bits per heavy atom. The van der Waals surface area contributed by atoms with Gasteiger partial charge in [-0.3, -0.25) is 24.0 Å². The normalized spacial score (nSPS) is 20.5. The third kappa shape index (κ3) is 3.65. The highest BCUT2D eigenvalue weighted by Crippen LogP contribution is 2.42. The number of ether oxygens (including phenoxy) is 1. The quantitative estimate of drug-likeness (QED) is 0.547. The van der Waals surface area contributed by atoms with E-state index in [9.17, 15) is 23.6 Å². The second-order valence-corrected chi connectivity index (χ2v) is 9.41. The number of ketones is 1. The van der Waals surface area contributed by atoms with E-state index >= 15 is 0 Å². The first-order valence-corrected chi connectivity index (χ1v) is 11.7. The zero-order valence-electron chi connectivity index (χ0n) is 19.9. The molecule has 3 aromatic rings. The SMILES string of the molecule is Cn1cc(-c2ccc3c(c2)C(=O)C[C@@]32NC(=O)N(CC(=O)N3CCOc4ccc(F)cc4C3)C2=O)cn1. The summed E-state index contributed by atoms with van der Waals surface area (Å²) in [5.41, 5.74) is 1.29. The maximum absolute atomic E-state index is 13.7. The van der Waals surface area contributed by atoms with E-state index in [1.54, 1.807) is 36.1 Å². The van der Waals surface area contributed by atoms with Crippen molar-refractivity contribution in [2.75, 3.05) is 19.7 Å². The van der Waals surface area contributed by atoms with E-state index < -0.39 is 35.7 Å². The smallest absolute Gasteiger partial charge is 0.325 e.